The fraction of sp³-hybridized carbons (Fsp3) is 1.00. The van der Waals surface area contributed by atoms with Gasteiger partial charge in [0.25, 0.3) is 0 Å². The molecule has 36 heavy (non-hydrogen) atoms. The number of unbranched alkanes of at least 4 members (excludes halogenated alkanes) is 26. The number of ether oxygens (including phenoxy) is 2. The molecular formula is C34H70O2. The van der Waals surface area contributed by atoms with E-state index in [0.29, 0.717) is 0 Å². The van der Waals surface area contributed by atoms with Crippen molar-refractivity contribution in [3.63, 3.8) is 0 Å². The van der Waals surface area contributed by atoms with Gasteiger partial charge in [0.05, 0.1) is 13.2 Å². The van der Waals surface area contributed by atoms with E-state index in [1.54, 1.807) is 0 Å². The van der Waals surface area contributed by atoms with Crippen molar-refractivity contribution in [2.45, 2.75) is 194 Å². The van der Waals surface area contributed by atoms with Crippen LogP contribution in [0.15, 0.2) is 0 Å². The molecule has 0 aliphatic rings. The number of hydrogen-bond donors (Lipinski definition) is 0. The summed E-state index contributed by atoms with van der Waals surface area (Å²) < 4.78 is 11.5. The molecule has 218 valence electrons. The van der Waals surface area contributed by atoms with Crippen molar-refractivity contribution < 1.29 is 9.47 Å². The van der Waals surface area contributed by atoms with Gasteiger partial charge in [0, 0.05) is 13.2 Å². The molecule has 0 rings (SSSR count). The van der Waals surface area contributed by atoms with Gasteiger partial charge in [-0.05, 0) is 12.8 Å². The Bertz CT molecular complexity index is 323. The molecule has 0 aromatic heterocycles. The molecule has 0 amide bonds. The summed E-state index contributed by atoms with van der Waals surface area (Å²) in [6, 6.07) is 0. The van der Waals surface area contributed by atoms with Gasteiger partial charge in [-0.15, -0.1) is 0 Å². The lowest BCUT2D eigenvalue weighted by Gasteiger charge is -2.06. The van der Waals surface area contributed by atoms with Gasteiger partial charge in [0.1, 0.15) is 0 Å². The van der Waals surface area contributed by atoms with E-state index in [2.05, 4.69) is 13.8 Å². The van der Waals surface area contributed by atoms with E-state index in [-0.39, 0.29) is 0 Å². The molecule has 0 N–H and O–H groups in total. The maximum atomic E-state index is 5.74. The van der Waals surface area contributed by atoms with E-state index in [0.717, 1.165) is 26.4 Å². The normalized spacial score (nSPS) is 11.5. The second-order valence-electron chi connectivity index (χ2n) is 11.4. The molecule has 0 bridgehead atoms. The predicted molar refractivity (Wildman–Crippen MR) is 162 cm³/mol. The van der Waals surface area contributed by atoms with Crippen LogP contribution in [0.2, 0.25) is 0 Å². The van der Waals surface area contributed by atoms with Crippen LogP contribution in [0.1, 0.15) is 194 Å². The molecule has 0 saturated carbocycles. The fourth-order valence-corrected chi connectivity index (χ4v) is 5.12. The Labute approximate surface area is 229 Å². The summed E-state index contributed by atoms with van der Waals surface area (Å²) in [6.45, 7) is 7.98. The summed E-state index contributed by atoms with van der Waals surface area (Å²) in [7, 11) is 0. The molecular weight excluding hydrogens is 440 g/mol. The first kappa shape index (κ1) is 35.9. The molecule has 0 spiro atoms. The monoisotopic (exact) mass is 511 g/mol. The maximum Gasteiger partial charge on any atom is 0.0700 e. The molecule has 2 nitrogen and oxygen atoms in total. The molecule has 0 radical (unpaired) electrons. The Kier molecular flexibility index (Phi) is 34.8. The van der Waals surface area contributed by atoms with Crippen LogP contribution in [-0.2, 0) is 9.47 Å². The standard InChI is InChI=1S/C34H70O2/c1-3-5-7-9-11-13-15-17-19-21-23-25-27-29-31-35-33-34-36-32-30-28-26-24-22-20-18-16-14-12-10-8-6-4-2/h3-34H2,1-2H3. The lowest BCUT2D eigenvalue weighted by atomic mass is 10.0. The fourth-order valence-electron chi connectivity index (χ4n) is 5.12. The molecule has 2 heteroatoms. The van der Waals surface area contributed by atoms with Crippen molar-refractivity contribution in [3.8, 4) is 0 Å². The third kappa shape index (κ3) is 33.9. The average molecular weight is 511 g/mol. The smallest absolute Gasteiger partial charge is 0.0700 e. The SMILES string of the molecule is CCCCCCCCCCCCCCCCOCCOCCCCCCCCCCCCCCCC. The first-order valence-electron chi connectivity index (χ1n) is 17.1. The van der Waals surface area contributed by atoms with Crippen molar-refractivity contribution in [2.24, 2.45) is 0 Å². The van der Waals surface area contributed by atoms with Crippen LogP contribution in [0.4, 0.5) is 0 Å². The minimum atomic E-state index is 0.775. The van der Waals surface area contributed by atoms with E-state index in [1.807, 2.05) is 0 Å². The molecule has 0 aliphatic heterocycles. The highest BCUT2D eigenvalue weighted by molar-refractivity contribution is 4.51. The van der Waals surface area contributed by atoms with Crippen LogP contribution >= 0.6 is 0 Å². The maximum absolute atomic E-state index is 5.74. The summed E-state index contributed by atoms with van der Waals surface area (Å²) in [5.41, 5.74) is 0. The summed E-state index contributed by atoms with van der Waals surface area (Å²) in [4.78, 5) is 0. The lowest BCUT2D eigenvalue weighted by Crippen LogP contribution is -2.06. The topological polar surface area (TPSA) is 18.5 Å². The first-order chi connectivity index (χ1) is 17.9. The second-order valence-corrected chi connectivity index (χ2v) is 11.4. The van der Waals surface area contributed by atoms with Crippen molar-refractivity contribution >= 4 is 0 Å². The van der Waals surface area contributed by atoms with Gasteiger partial charge >= 0.3 is 0 Å². The highest BCUT2D eigenvalue weighted by Gasteiger charge is 1.97. The van der Waals surface area contributed by atoms with E-state index in [4.69, 9.17) is 9.47 Å². The van der Waals surface area contributed by atoms with Crippen LogP contribution in [0.3, 0.4) is 0 Å². The molecule has 0 heterocycles. The molecule has 0 aliphatic carbocycles. The Balaban J connectivity index is 3.00. The largest absolute Gasteiger partial charge is 0.379 e. The van der Waals surface area contributed by atoms with Crippen molar-refractivity contribution in [3.05, 3.63) is 0 Å². The van der Waals surface area contributed by atoms with Gasteiger partial charge in [0.2, 0.25) is 0 Å². The van der Waals surface area contributed by atoms with Gasteiger partial charge in [-0.2, -0.15) is 0 Å². The van der Waals surface area contributed by atoms with Gasteiger partial charge in [-0.1, -0.05) is 181 Å². The van der Waals surface area contributed by atoms with Crippen LogP contribution in [-0.4, -0.2) is 26.4 Å². The molecule has 0 fully saturated rings. The van der Waals surface area contributed by atoms with Crippen LogP contribution in [0, 0.1) is 0 Å². The Morgan fingerprint density at radius 3 is 0.639 bits per heavy atom. The lowest BCUT2D eigenvalue weighted by molar-refractivity contribution is 0.0448. The van der Waals surface area contributed by atoms with Crippen molar-refractivity contribution in [1.29, 1.82) is 0 Å². The van der Waals surface area contributed by atoms with E-state index < -0.39 is 0 Å². The molecule has 0 aromatic rings. The zero-order valence-corrected chi connectivity index (χ0v) is 25.4. The average Bonchev–Trinajstić information content (AvgIpc) is 2.89. The van der Waals surface area contributed by atoms with Gasteiger partial charge in [-0.3, -0.25) is 0 Å². The molecule has 0 saturated heterocycles. The summed E-state index contributed by atoms with van der Waals surface area (Å²) in [6.07, 6.45) is 39.5. The highest BCUT2D eigenvalue weighted by atomic mass is 16.5. The summed E-state index contributed by atoms with van der Waals surface area (Å²) in [5, 5.41) is 0. The highest BCUT2D eigenvalue weighted by Crippen LogP contribution is 2.14. The van der Waals surface area contributed by atoms with E-state index in [9.17, 15) is 0 Å². The van der Waals surface area contributed by atoms with E-state index >= 15 is 0 Å². The van der Waals surface area contributed by atoms with Crippen LogP contribution < -0.4 is 0 Å². The third-order valence-electron chi connectivity index (χ3n) is 7.66. The summed E-state index contributed by atoms with van der Waals surface area (Å²) >= 11 is 0. The Morgan fingerprint density at radius 1 is 0.222 bits per heavy atom. The zero-order valence-electron chi connectivity index (χ0n) is 25.4. The number of rotatable bonds is 33. The Hall–Kier alpha value is -0.0800. The third-order valence-corrected chi connectivity index (χ3v) is 7.66. The van der Waals surface area contributed by atoms with Gasteiger partial charge in [0.15, 0.2) is 0 Å². The van der Waals surface area contributed by atoms with Crippen molar-refractivity contribution in [1.82, 2.24) is 0 Å². The minimum absolute atomic E-state index is 0.775. The van der Waals surface area contributed by atoms with E-state index in [1.165, 1.54) is 180 Å². The Morgan fingerprint density at radius 2 is 0.417 bits per heavy atom. The zero-order chi connectivity index (χ0) is 26.0. The quantitative estimate of drug-likeness (QED) is 0.0817. The molecule has 0 unspecified atom stereocenters. The predicted octanol–water partition coefficient (Wildman–Crippen LogP) is 12.0. The van der Waals surface area contributed by atoms with Gasteiger partial charge in [-0.25, -0.2) is 0 Å². The van der Waals surface area contributed by atoms with Crippen molar-refractivity contribution in [2.75, 3.05) is 26.4 Å². The second kappa shape index (κ2) is 34.9. The van der Waals surface area contributed by atoms with Crippen LogP contribution in [0.25, 0.3) is 0 Å². The number of hydrogen-bond acceptors (Lipinski definition) is 2. The van der Waals surface area contributed by atoms with Crippen LogP contribution in [0.5, 0.6) is 0 Å². The molecule has 0 aromatic carbocycles. The molecule has 0 atom stereocenters. The minimum Gasteiger partial charge on any atom is -0.379 e. The first-order valence-corrected chi connectivity index (χ1v) is 17.1. The summed E-state index contributed by atoms with van der Waals surface area (Å²) in [5.74, 6) is 0. The van der Waals surface area contributed by atoms with Gasteiger partial charge < -0.3 is 9.47 Å².